The van der Waals surface area contributed by atoms with Crippen LogP contribution in [0.1, 0.15) is 11.4 Å². The van der Waals surface area contributed by atoms with Crippen LogP contribution in [0.25, 0.3) is 5.69 Å². The van der Waals surface area contributed by atoms with E-state index in [2.05, 4.69) is 10.2 Å². The van der Waals surface area contributed by atoms with Crippen molar-refractivity contribution in [2.45, 2.75) is 17.5 Å². The van der Waals surface area contributed by atoms with Gasteiger partial charge in [0.05, 0.1) is 24.4 Å². The summed E-state index contributed by atoms with van der Waals surface area (Å²) in [6.07, 6.45) is 0. The second-order valence-corrected chi connectivity index (χ2v) is 6.96. The van der Waals surface area contributed by atoms with Gasteiger partial charge >= 0.3 is 0 Å². The smallest absolute Gasteiger partial charge is 0.196 e. The lowest BCUT2D eigenvalue weighted by molar-refractivity contribution is 0.414. The number of thioether (sulfide) groups is 1. The van der Waals surface area contributed by atoms with Gasteiger partial charge in [0.15, 0.2) is 11.0 Å². The van der Waals surface area contributed by atoms with E-state index in [4.69, 9.17) is 33.7 Å². The van der Waals surface area contributed by atoms with Crippen LogP contribution in [0.15, 0.2) is 47.6 Å². The third-order valence-corrected chi connectivity index (χ3v) is 5.09. The average molecular weight is 395 g/mol. The summed E-state index contributed by atoms with van der Waals surface area (Å²) in [4.78, 5) is 0. The summed E-state index contributed by atoms with van der Waals surface area (Å²) in [5, 5.41) is 10.3. The Bertz CT molecular complexity index is 885. The van der Waals surface area contributed by atoms with Crippen LogP contribution >= 0.6 is 35.0 Å². The third-order valence-electron chi connectivity index (χ3n) is 3.53. The fourth-order valence-corrected chi connectivity index (χ4v) is 3.61. The highest BCUT2D eigenvalue weighted by Crippen LogP contribution is 2.31. The Hall–Kier alpha value is -1.73. The first kappa shape index (κ1) is 18.1. The molecule has 0 saturated heterocycles. The SMILES string of the molecule is COc1cccc(CSc2nnc(CN)n2-c2cc(Cl)ccc2Cl)c1. The second-order valence-electron chi connectivity index (χ2n) is 5.17. The van der Waals surface area contributed by atoms with Gasteiger partial charge in [-0.3, -0.25) is 4.57 Å². The quantitative estimate of drug-likeness (QED) is 0.630. The minimum absolute atomic E-state index is 0.246. The van der Waals surface area contributed by atoms with Gasteiger partial charge in [-0.2, -0.15) is 0 Å². The van der Waals surface area contributed by atoms with Gasteiger partial charge in [0.2, 0.25) is 0 Å². The van der Waals surface area contributed by atoms with Crippen LogP contribution in [0, 0.1) is 0 Å². The van der Waals surface area contributed by atoms with Crippen LogP contribution in [-0.4, -0.2) is 21.9 Å². The number of nitrogens with zero attached hydrogens (tertiary/aromatic N) is 3. The zero-order chi connectivity index (χ0) is 17.8. The topological polar surface area (TPSA) is 66.0 Å². The molecule has 0 fully saturated rings. The molecular formula is C17H16Cl2N4OS. The summed E-state index contributed by atoms with van der Waals surface area (Å²) in [6.45, 7) is 0.246. The largest absolute Gasteiger partial charge is 0.497 e. The fourth-order valence-electron chi connectivity index (χ4n) is 2.34. The molecule has 0 unspecified atom stereocenters. The van der Waals surface area contributed by atoms with Crippen molar-refractivity contribution >= 4 is 35.0 Å². The van der Waals surface area contributed by atoms with Crippen LogP contribution in [0.3, 0.4) is 0 Å². The number of aromatic nitrogens is 3. The molecule has 130 valence electrons. The number of benzene rings is 2. The molecule has 0 aliphatic rings. The molecule has 3 rings (SSSR count). The molecule has 25 heavy (non-hydrogen) atoms. The van der Waals surface area contributed by atoms with Crippen molar-refractivity contribution in [2.24, 2.45) is 5.73 Å². The van der Waals surface area contributed by atoms with E-state index in [1.165, 1.54) is 0 Å². The number of methoxy groups -OCH3 is 1. The highest BCUT2D eigenvalue weighted by atomic mass is 35.5. The summed E-state index contributed by atoms with van der Waals surface area (Å²) >= 11 is 14.0. The van der Waals surface area contributed by atoms with Crippen molar-refractivity contribution in [3.63, 3.8) is 0 Å². The Balaban J connectivity index is 1.92. The molecule has 0 aliphatic carbocycles. The Morgan fingerprint density at radius 3 is 2.76 bits per heavy atom. The predicted octanol–water partition coefficient (Wildman–Crippen LogP) is 4.33. The molecule has 8 heteroatoms. The van der Waals surface area contributed by atoms with E-state index in [1.54, 1.807) is 37.1 Å². The maximum Gasteiger partial charge on any atom is 0.196 e. The van der Waals surface area contributed by atoms with Crippen molar-refractivity contribution in [3.05, 3.63) is 63.9 Å². The van der Waals surface area contributed by atoms with Crippen molar-refractivity contribution in [3.8, 4) is 11.4 Å². The van der Waals surface area contributed by atoms with Crippen molar-refractivity contribution in [1.82, 2.24) is 14.8 Å². The maximum atomic E-state index is 6.34. The Kier molecular flexibility index (Phi) is 5.86. The van der Waals surface area contributed by atoms with E-state index in [9.17, 15) is 0 Å². The van der Waals surface area contributed by atoms with Gasteiger partial charge in [-0.25, -0.2) is 0 Å². The lowest BCUT2D eigenvalue weighted by atomic mass is 10.2. The van der Waals surface area contributed by atoms with Gasteiger partial charge in [0, 0.05) is 10.8 Å². The van der Waals surface area contributed by atoms with E-state index in [0.29, 0.717) is 32.5 Å². The lowest BCUT2D eigenvalue weighted by Crippen LogP contribution is -2.08. The first-order chi connectivity index (χ1) is 12.1. The molecule has 0 saturated carbocycles. The van der Waals surface area contributed by atoms with Crippen LogP contribution in [-0.2, 0) is 12.3 Å². The first-order valence-electron chi connectivity index (χ1n) is 7.48. The average Bonchev–Trinajstić information content (AvgIpc) is 3.05. The Morgan fingerprint density at radius 1 is 1.16 bits per heavy atom. The van der Waals surface area contributed by atoms with E-state index >= 15 is 0 Å². The molecule has 0 bridgehead atoms. The summed E-state index contributed by atoms with van der Waals surface area (Å²) in [5.41, 5.74) is 7.64. The van der Waals surface area contributed by atoms with Gasteiger partial charge < -0.3 is 10.5 Å². The predicted molar refractivity (Wildman–Crippen MR) is 102 cm³/mol. The second kappa shape index (κ2) is 8.10. The molecule has 0 spiro atoms. The van der Waals surface area contributed by atoms with Crippen molar-refractivity contribution in [2.75, 3.05) is 7.11 Å². The number of rotatable bonds is 6. The number of hydrogen-bond acceptors (Lipinski definition) is 5. The lowest BCUT2D eigenvalue weighted by Gasteiger charge is -2.11. The van der Waals surface area contributed by atoms with Gasteiger partial charge in [-0.05, 0) is 35.9 Å². The van der Waals surface area contributed by atoms with Gasteiger partial charge in [-0.1, -0.05) is 47.1 Å². The molecule has 1 aromatic heterocycles. The molecular weight excluding hydrogens is 379 g/mol. The molecule has 1 heterocycles. The normalized spacial score (nSPS) is 10.9. The van der Waals surface area contributed by atoms with E-state index in [0.717, 1.165) is 11.3 Å². The number of ether oxygens (including phenoxy) is 1. The van der Waals surface area contributed by atoms with Gasteiger partial charge in [0.1, 0.15) is 5.75 Å². The highest BCUT2D eigenvalue weighted by Gasteiger charge is 2.16. The number of halogens is 2. The standard InChI is InChI=1S/C17H16Cl2N4OS/c1-24-13-4-2-3-11(7-13)10-25-17-22-21-16(9-20)23(17)15-8-12(18)5-6-14(15)19/h2-8H,9-10,20H2,1H3. The maximum absolute atomic E-state index is 6.34. The fraction of sp³-hybridized carbons (Fsp3) is 0.176. The first-order valence-corrected chi connectivity index (χ1v) is 9.22. The third kappa shape index (κ3) is 4.10. The summed E-state index contributed by atoms with van der Waals surface area (Å²) in [7, 11) is 1.65. The van der Waals surface area contributed by atoms with Crippen molar-refractivity contribution < 1.29 is 4.74 Å². The minimum Gasteiger partial charge on any atom is -0.497 e. The highest BCUT2D eigenvalue weighted by molar-refractivity contribution is 7.98. The van der Waals surface area contributed by atoms with Crippen LogP contribution < -0.4 is 10.5 Å². The zero-order valence-corrected chi connectivity index (χ0v) is 15.8. The molecule has 2 N–H and O–H groups in total. The molecule has 2 aromatic carbocycles. The van der Waals surface area contributed by atoms with E-state index in [-0.39, 0.29) is 6.54 Å². The van der Waals surface area contributed by atoms with Crippen LogP contribution in [0.5, 0.6) is 5.75 Å². The molecule has 0 atom stereocenters. The number of hydrogen-bond donors (Lipinski definition) is 1. The summed E-state index contributed by atoms with van der Waals surface area (Å²) < 4.78 is 7.11. The summed E-state index contributed by atoms with van der Waals surface area (Å²) in [6, 6.07) is 13.2. The molecule has 3 aromatic rings. The molecule has 5 nitrogen and oxygen atoms in total. The molecule has 0 radical (unpaired) electrons. The van der Waals surface area contributed by atoms with E-state index in [1.807, 2.05) is 28.8 Å². The van der Waals surface area contributed by atoms with Crippen molar-refractivity contribution in [1.29, 1.82) is 0 Å². The van der Waals surface area contributed by atoms with Gasteiger partial charge in [-0.15, -0.1) is 10.2 Å². The minimum atomic E-state index is 0.246. The number of nitrogens with two attached hydrogens (primary N) is 1. The molecule has 0 amide bonds. The monoisotopic (exact) mass is 394 g/mol. The van der Waals surface area contributed by atoms with E-state index < -0.39 is 0 Å². The van der Waals surface area contributed by atoms with Crippen LogP contribution in [0.4, 0.5) is 0 Å². The molecule has 0 aliphatic heterocycles. The zero-order valence-electron chi connectivity index (χ0n) is 13.4. The van der Waals surface area contributed by atoms with Gasteiger partial charge in [0.25, 0.3) is 0 Å². The Morgan fingerprint density at radius 2 is 2.00 bits per heavy atom. The summed E-state index contributed by atoms with van der Waals surface area (Å²) in [5.74, 6) is 2.15. The Labute approximate surface area is 160 Å². The van der Waals surface area contributed by atoms with Crippen LogP contribution in [0.2, 0.25) is 10.0 Å².